The highest BCUT2D eigenvalue weighted by molar-refractivity contribution is 7.20. The smallest absolute Gasteiger partial charge is 0.283 e. The number of hydrogen-bond acceptors (Lipinski definition) is 5. The van der Waals surface area contributed by atoms with Gasteiger partial charge in [0, 0.05) is 10.7 Å². The van der Waals surface area contributed by atoms with Gasteiger partial charge in [0.25, 0.3) is 5.56 Å². The van der Waals surface area contributed by atoms with Gasteiger partial charge in [-0.15, -0.1) is 5.10 Å². The summed E-state index contributed by atoms with van der Waals surface area (Å²) in [6, 6.07) is 14.5. The summed E-state index contributed by atoms with van der Waals surface area (Å²) in [7, 11) is 0. The third-order valence-corrected chi connectivity index (χ3v) is 4.27. The number of anilines is 2. The van der Waals surface area contributed by atoms with Gasteiger partial charge < -0.3 is 5.32 Å². The topological polar surface area (TPSA) is 59.3 Å². The van der Waals surface area contributed by atoms with E-state index < -0.39 is 0 Å². The molecule has 0 saturated heterocycles. The fraction of sp³-hybridized carbons (Fsp3) is 0. The van der Waals surface area contributed by atoms with Crippen molar-refractivity contribution in [1.82, 2.24) is 14.6 Å². The minimum atomic E-state index is -0.166. The van der Waals surface area contributed by atoms with E-state index in [2.05, 4.69) is 15.4 Å². The van der Waals surface area contributed by atoms with Crippen molar-refractivity contribution in [1.29, 1.82) is 0 Å². The Kier molecular flexibility index (Phi) is 3.06. The second-order valence-corrected chi connectivity index (χ2v) is 6.06. The van der Waals surface area contributed by atoms with Gasteiger partial charge in [0.05, 0.1) is 10.9 Å². The summed E-state index contributed by atoms with van der Waals surface area (Å²) in [4.78, 5) is 17.4. The molecule has 2 heterocycles. The third-order valence-electron chi connectivity index (χ3n) is 3.20. The van der Waals surface area contributed by atoms with Gasteiger partial charge in [0.2, 0.25) is 10.1 Å². The Morgan fingerprint density at radius 1 is 1.09 bits per heavy atom. The number of hydrogen-bond donors (Lipinski definition) is 1. The molecule has 7 heteroatoms. The molecule has 2 aromatic heterocycles. The molecule has 4 rings (SSSR count). The van der Waals surface area contributed by atoms with E-state index in [9.17, 15) is 4.79 Å². The SMILES string of the molecule is O=c1c2ccccc2nc2sc(Nc3ccc(Cl)cc3)nn12. The molecular weight excluding hydrogens is 320 g/mol. The first-order chi connectivity index (χ1) is 10.7. The maximum absolute atomic E-state index is 12.4. The maximum Gasteiger partial charge on any atom is 0.283 e. The van der Waals surface area contributed by atoms with Crippen LogP contribution in [0.5, 0.6) is 0 Å². The molecule has 0 atom stereocenters. The van der Waals surface area contributed by atoms with Gasteiger partial charge in [-0.05, 0) is 36.4 Å². The third kappa shape index (κ3) is 2.22. The van der Waals surface area contributed by atoms with E-state index in [1.165, 1.54) is 15.9 Å². The molecule has 0 saturated carbocycles. The zero-order valence-corrected chi connectivity index (χ0v) is 12.7. The van der Waals surface area contributed by atoms with E-state index in [4.69, 9.17) is 11.6 Å². The molecule has 108 valence electrons. The minimum Gasteiger partial charge on any atom is -0.330 e. The summed E-state index contributed by atoms with van der Waals surface area (Å²) in [5, 5.41) is 9.27. The minimum absolute atomic E-state index is 0.166. The number of aromatic nitrogens is 3. The van der Waals surface area contributed by atoms with Gasteiger partial charge in [0.15, 0.2) is 0 Å². The van der Waals surface area contributed by atoms with Crippen molar-refractivity contribution in [3.05, 3.63) is 63.9 Å². The molecule has 1 N–H and O–H groups in total. The molecule has 0 unspecified atom stereocenters. The zero-order valence-electron chi connectivity index (χ0n) is 11.2. The van der Waals surface area contributed by atoms with Crippen molar-refractivity contribution in [2.24, 2.45) is 0 Å². The van der Waals surface area contributed by atoms with E-state index in [1.54, 1.807) is 18.2 Å². The molecule has 0 amide bonds. The Labute approximate surface area is 133 Å². The normalized spacial score (nSPS) is 11.1. The summed E-state index contributed by atoms with van der Waals surface area (Å²) in [6.07, 6.45) is 0. The highest BCUT2D eigenvalue weighted by Gasteiger charge is 2.10. The summed E-state index contributed by atoms with van der Waals surface area (Å²) < 4.78 is 1.32. The molecule has 0 radical (unpaired) electrons. The molecular formula is C15H9ClN4OS. The van der Waals surface area contributed by atoms with Gasteiger partial charge in [-0.3, -0.25) is 4.79 Å². The highest BCUT2D eigenvalue weighted by Crippen LogP contribution is 2.23. The fourth-order valence-electron chi connectivity index (χ4n) is 2.16. The second-order valence-electron chi connectivity index (χ2n) is 4.67. The van der Waals surface area contributed by atoms with Crippen molar-refractivity contribution in [2.75, 3.05) is 5.32 Å². The number of nitrogens with zero attached hydrogens (tertiary/aromatic N) is 3. The van der Waals surface area contributed by atoms with Crippen LogP contribution in [0.25, 0.3) is 15.9 Å². The van der Waals surface area contributed by atoms with E-state index in [0.717, 1.165) is 5.69 Å². The average molecular weight is 329 g/mol. The van der Waals surface area contributed by atoms with E-state index in [1.807, 2.05) is 30.3 Å². The van der Waals surface area contributed by atoms with E-state index in [0.29, 0.717) is 26.0 Å². The van der Waals surface area contributed by atoms with Gasteiger partial charge in [-0.25, -0.2) is 4.98 Å². The highest BCUT2D eigenvalue weighted by atomic mass is 35.5. The van der Waals surface area contributed by atoms with Crippen LogP contribution in [0.3, 0.4) is 0 Å². The van der Waals surface area contributed by atoms with Crippen molar-refractivity contribution >= 4 is 49.6 Å². The molecule has 5 nitrogen and oxygen atoms in total. The lowest BCUT2D eigenvalue weighted by Gasteiger charge is -2.00. The van der Waals surface area contributed by atoms with E-state index >= 15 is 0 Å². The van der Waals surface area contributed by atoms with Gasteiger partial charge in [0.1, 0.15) is 0 Å². The van der Waals surface area contributed by atoms with Gasteiger partial charge in [-0.1, -0.05) is 35.1 Å². The van der Waals surface area contributed by atoms with Gasteiger partial charge in [-0.2, -0.15) is 4.52 Å². The lowest BCUT2D eigenvalue weighted by Crippen LogP contribution is -2.15. The fourth-order valence-corrected chi connectivity index (χ4v) is 3.11. The van der Waals surface area contributed by atoms with Crippen LogP contribution in [0, 0.1) is 0 Å². The molecule has 0 aliphatic heterocycles. The number of halogens is 1. The Balaban J connectivity index is 1.83. The number of benzene rings is 2. The van der Waals surface area contributed by atoms with Crippen LogP contribution < -0.4 is 10.9 Å². The monoisotopic (exact) mass is 328 g/mol. The Hall–Kier alpha value is -2.44. The van der Waals surface area contributed by atoms with Crippen LogP contribution in [0.4, 0.5) is 10.8 Å². The standard InChI is InChI=1S/C15H9ClN4OS/c16-9-5-7-10(8-6-9)17-14-19-20-13(21)11-3-1-2-4-12(11)18-15(20)22-14/h1-8H,(H,17,19). The Bertz CT molecular complexity index is 1040. The summed E-state index contributed by atoms with van der Waals surface area (Å²) in [5.41, 5.74) is 1.36. The van der Waals surface area contributed by atoms with E-state index in [-0.39, 0.29) is 5.56 Å². The number of fused-ring (bicyclic) bond motifs is 2. The predicted octanol–water partition coefficient (Wildman–Crippen LogP) is 3.70. The quantitative estimate of drug-likeness (QED) is 0.609. The Morgan fingerprint density at radius 3 is 2.68 bits per heavy atom. The lowest BCUT2D eigenvalue weighted by atomic mass is 10.2. The lowest BCUT2D eigenvalue weighted by molar-refractivity contribution is 0.919. The molecule has 0 spiro atoms. The molecule has 2 aromatic carbocycles. The van der Waals surface area contributed by atoms with Crippen LogP contribution in [0.2, 0.25) is 5.02 Å². The summed E-state index contributed by atoms with van der Waals surface area (Å²) >= 11 is 7.19. The van der Waals surface area contributed by atoms with Crippen LogP contribution >= 0.6 is 22.9 Å². The van der Waals surface area contributed by atoms with Gasteiger partial charge >= 0.3 is 0 Å². The molecule has 4 aromatic rings. The molecule has 0 aliphatic rings. The largest absolute Gasteiger partial charge is 0.330 e. The predicted molar refractivity (Wildman–Crippen MR) is 89.4 cm³/mol. The first-order valence-corrected chi connectivity index (χ1v) is 7.71. The first-order valence-electron chi connectivity index (χ1n) is 6.52. The molecule has 0 aliphatic carbocycles. The van der Waals surface area contributed by atoms with Crippen molar-refractivity contribution in [2.45, 2.75) is 0 Å². The van der Waals surface area contributed by atoms with Crippen LogP contribution in [0.1, 0.15) is 0 Å². The summed E-state index contributed by atoms with van der Waals surface area (Å²) in [5.74, 6) is 0. The molecule has 0 bridgehead atoms. The van der Waals surface area contributed by atoms with Crippen LogP contribution in [-0.2, 0) is 0 Å². The van der Waals surface area contributed by atoms with Crippen LogP contribution in [0.15, 0.2) is 53.3 Å². The molecule has 22 heavy (non-hydrogen) atoms. The zero-order chi connectivity index (χ0) is 15.1. The van der Waals surface area contributed by atoms with Crippen LogP contribution in [-0.4, -0.2) is 14.6 Å². The molecule has 0 fully saturated rings. The Morgan fingerprint density at radius 2 is 1.86 bits per heavy atom. The number of rotatable bonds is 2. The second kappa shape index (κ2) is 5.08. The maximum atomic E-state index is 12.4. The van der Waals surface area contributed by atoms with Crippen molar-refractivity contribution < 1.29 is 0 Å². The number of nitrogens with one attached hydrogen (secondary N) is 1. The first kappa shape index (κ1) is 13.2. The van der Waals surface area contributed by atoms with Crippen molar-refractivity contribution in [3.8, 4) is 0 Å². The number of para-hydroxylation sites is 1. The van der Waals surface area contributed by atoms with Crippen molar-refractivity contribution in [3.63, 3.8) is 0 Å². The summed E-state index contributed by atoms with van der Waals surface area (Å²) in [6.45, 7) is 0. The average Bonchev–Trinajstić information content (AvgIpc) is 2.93.